The van der Waals surface area contributed by atoms with E-state index in [9.17, 15) is 31.1 Å². The topological polar surface area (TPSA) is 87.7 Å². The van der Waals surface area contributed by atoms with Crippen LogP contribution in [-0.2, 0) is 4.79 Å². The maximum atomic E-state index is 12.5. The number of carbonyl (C=O) groups excluding carboxylic acids is 1. The van der Waals surface area contributed by atoms with E-state index in [1.165, 1.54) is 0 Å². The van der Waals surface area contributed by atoms with Crippen molar-refractivity contribution in [2.24, 2.45) is 16.8 Å². The third kappa shape index (κ3) is 3.70. The summed E-state index contributed by atoms with van der Waals surface area (Å²) < 4.78 is 74.7. The molecule has 1 saturated carbocycles. The molecule has 0 unspecified atom stereocenters. The highest BCUT2D eigenvalue weighted by molar-refractivity contribution is 5.95. The predicted octanol–water partition coefficient (Wildman–Crippen LogP) is 1.90. The quantitative estimate of drug-likeness (QED) is 0.244. The average molecular weight is 321 g/mol. The van der Waals surface area contributed by atoms with Gasteiger partial charge in [-0.1, -0.05) is 18.0 Å². The van der Waals surface area contributed by atoms with E-state index in [1.807, 2.05) is 0 Å². The van der Waals surface area contributed by atoms with Crippen LogP contribution in [0.5, 0.6) is 0 Å². The molecule has 1 aliphatic rings. The fraction of sp³-hybridized carbons (Fsp3) is 0.800. The molecule has 1 amide bonds. The molecule has 0 saturated heterocycles. The molecule has 0 aromatic rings. The molecular formula is C10H13F6N3O2. The van der Waals surface area contributed by atoms with Gasteiger partial charge in [-0.25, -0.2) is 0 Å². The van der Waals surface area contributed by atoms with E-state index in [0.29, 0.717) is 12.8 Å². The van der Waals surface area contributed by atoms with Gasteiger partial charge in [0.05, 0.1) is 0 Å². The van der Waals surface area contributed by atoms with E-state index >= 15 is 0 Å². The molecule has 1 rings (SSSR count). The smallest absolute Gasteiger partial charge is 0.409 e. The second-order valence-corrected chi connectivity index (χ2v) is 4.78. The van der Waals surface area contributed by atoms with Crippen LogP contribution in [0.15, 0.2) is 5.16 Å². The second-order valence-electron chi connectivity index (χ2n) is 4.78. The van der Waals surface area contributed by atoms with E-state index in [1.54, 1.807) is 5.32 Å². The first kappa shape index (κ1) is 17.4. The lowest BCUT2D eigenvalue weighted by Gasteiger charge is -2.31. The molecule has 21 heavy (non-hydrogen) atoms. The van der Waals surface area contributed by atoms with Gasteiger partial charge in [-0.2, -0.15) is 26.3 Å². The zero-order chi connectivity index (χ0) is 16.5. The van der Waals surface area contributed by atoms with Crippen LogP contribution in [0.2, 0.25) is 0 Å². The molecule has 0 atom stereocenters. The Bertz CT molecular complexity index is 411. The average Bonchev–Trinajstić information content (AvgIpc) is 2.73. The Morgan fingerprint density at radius 1 is 1.14 bits per heavy atom. The summed E-state index contributed by atoms with van der Waals surface area (Å²) in [6.45, 7) is 0. The highest BCUT2D eigenvalue weighted by Gasteiger charge is 2.62. The molecule has 0 aromatic carbocycles. The molecule has 1 aliphatic carbocycles. The lowest BCUT2D eigenvalue weighted by atomic mass is 9.94. The maximum Gasteiger partial charge on any atom is 0.409 e. The number of nitrogens with one attached hydrogen (secondary N) is 1. The first-order valence-electron chi connectivity index (χ1n) is 5.87. The van der Waals surface area contributed by atoms with Crippen molar-refractivity contribution in [1.29, 1.82) is 0 Å². The third-order valence-electron chi connectivity index (χ3n) is 3.33. The zero-order valence-corrected chi connectivity index (χ0v) is 10.6. The Kier molecular flexibility index (Phi) is 4.63. The third-order valence-corrected chi connectivity index (χ3v) is 3.33. The molecule has 0 spiro atoms. The Morgan fingerprint density at radius 2 is 1.57 bits per heavy atom. The summed E-state index contributed by atoms with van der Waals surface area (Å²) in [6.07, 6.45) is -10.7. The summed E-state index contributed by atoms with van der Waals surface area (Å²) in [4.78, 5) is 11.5. The number of carbonyl (C=O) groups is 1. The molecular weight excluding hydrogens is 308 g/mol. The van der Waals surface area contributed by atoms with Crippen LogP contribution in [0.1, 0.15) is 25.7 Å². The summed E-state index contributed by atoms with van der Waals surface area (Å²) in [6, 6.07) is 0. The Labute approximate surface area is 115 Å². The number of oxime groups is 1. The molecule has 1 fully saturated rings. The number of halogens is 6. The van der Waals surface area contributed by atoms with Crippen LogP contribution in [-0.4, -0.2) is 34.8 Å². The summed E-state index contributed by atoms with van der Waals surface area (Å²) in [5.41, 5.74) is 3.62. The summed E-state index contributed by atoms with van der Waals surface area (Å²) in [5.74, 6) is -7.03. The van der Waals surface area contributed by atoms with Gasteiger partial charge in [-0.15, -0.1) is 0 Å². The molecule has 5 nitrogen and oxygen atoms in total. The molecule has 0 aliphatic heterocycles. The Morgan fingerprint density at radius 3 is 1.90 bits per heavy atom. The van der Waals surface area contributed by atoms with Gasteiger partial charge >= 0.3 is 12.4 Å². The molecule has 4 N–H and O–H groups in total. The minimum atomic E-state index is -5.78. The van der Waals surface area contributed by atoms with Crippen molar-refractivity contribution in [2.75, 3.05) is 0 Å². The number of amides is 1. The van der Waals surface area contributed by atoms with E-state index in [2.05, 4.69) is 5.16 Å². The van der Waals surface area contributed by atoms with Crippen molar-refractivity contribution in [2.45, 2.75) is 43.6 Å². The first-order chi connectivity index (χ1) is 9.44. The van der Waals surface area contributed by atoms with Crippen LogP contribution in [0.4, 0.5) is 26.3 Å². The minimum Gasteiger partial charge on any atom is -0.409 e. The molecule has 0 heterocycles. The van der Waals surface area contributed by atoms with E-state index in [0.717, 1.165) is 0 Å². The summed E-state index contributed by atoms with van der Waals surface area (Å²) in [5, 5.41) is 12.9. The van der Waals surface area contributed by atoms with E-state index < -0.39 is 35.6 Å². The second kappa shape index (κ2) is 5.60. The van der Waals surface area contributed by atoms with Crippen molar-refractivity contribution >= 4 is 11.7 Å². The van der Waals surface area contributed by atoms with Gasteiger partial charge in [0.1, 0.15) is 5.54 Å². The number of hydrogen-bond acceptors (Lipinski definition) is 3. The lowest BCUT2D eigenvalue weighted by Crippen LogP contribution is -2.60. The van der Waals surface area contributed by atoms with E-state index in [-0.39, 0.29) is 12.8 Å². The highest BCUT2D eigenvalue weighted by Crippen LogP contribution is 2.40. The standard InChI is InChI=1S/C10H13F6N3O2/c11-9(12,13)5(10(14,15)16)6(20)18-8(7(17)19-21)3-1-2-4-8/h5,21H,1-4H2,(H2,17,19)(H,18,20). The molecule has 0 bridgehead atoms. The Balaban J connectivity index is 3.06. The Hall–Kier alpha value is -1.68. The maximum absolute atomic E-state index is 12.5. The van der Waals surface area contributed by atoms with Crippen LogP contribution in [0.3, 0.4) is 0 Å². The molecule has 11 heteroatoms. The summed E-state index contributed by atoms with van der Waals surface area (Å²) >= 11 is 0. The lowest BCUT2D eigenvalue weighted by molar-refractivity contribution is -0.274. The van der Waals surface area contributed by atoms with Crippen molar-refractivity contribution in [3.05, 3.63) is 0 Å². The van der Waals surface area contributed by atoms with Crippen LogP contribution >= 0.6 is 0 Å². The fourth-order valence-corrected chi connectivity index (χ4v) is 2.31. The van der Waals surface area contributed by atoms with Crippen molar-refractivity contribution < 1.29 is 36.3 Å². The van der Waals surface area contributed by atoms with Crippen LogP contribution < -0.4 is 11.1 Å². The van der Waals surface area contributed by atoms with Gasteiger partial charge in [0, 0.05) is 0 Å². The van der Waals surface area contributed by atoms with Gasteiger partial charge < -0.3 is 16.3 Å². The van der Waals surface area contributed by atoms with Gasteiger partial charge in [-0.3, -0.25) is 4.79 Å². The SMILES string of the molecule is NC(=NO)C1(NC(=O)C(C(F)(F)F)C(F)(F)F)CCCC1. The van der Waals surface area contributed by atoms with Gasteiger partial charge in [0.15, 0.2) is 5.84 Å². The first-order valence-corrected chi connectivity index (χ1v) is 5.87. The largest absolute Gasteiger partial charge is 0.409 e. The zero-order valence-electron chi connectivity index (χ0n) is 10.6. The molecule has 122 valence electrons. The van der Waals surface area contributed by atoms with Crippen molar-refractivity contribution in [3.63, 3.8) is 0 Å². The predicted molar refractivity (Wildman–Crippen MR) is 58.4 cm³/mol. The van der Waals surface area contributed by atoms with Crippen molar-refractivity contribution in [1.82, 2.24) is 5.32 Å². The monoisotopic (exact) mass is 321 g/mol. The number of amidine groups is 1. The number of nitrogens with zero attached hydrogens (tertiary/aromatic N) is 1. The fourth-order valence-electron chi connectivity index (χ4n) is 2.31. The normalized spacial score (nSPS) is 19.9. The molecule has 0 aromatic heterocycles. The van der Waals surface area contributed by atoms with Crippen LogP contribution in [0, 0.1) is 5.92 Å². The number of rotatable bonds is 3. The highest BCUT2D eigenvalue weighted by atomic mass is 19.4. The molecule has 0 radical (unpaired) electrons. The number of alkyl halides is 6. The minimum absolute atomic E-state index is 0.00291. The van der Waals surface area contributed by atoms with Gasteiger partial charge in [-0.05, 0) is 12.8 Å². The van der Waals surface area contributed by atoms with Crippen molar-refractivity contribution in [3.8, 4) is 0 Å². The number of nitrogens with two attached hydrogens (primary N) is 1. The van der Waals surface area contributed by atoms with E-state index in [4.69, 9.17) is 10.9 Å². The van der Waals surface area contributed by atoms with Crippen LogP contribution in [0.25, 0.3) is 0 Å². The summed E-state index contributed by atoms with van der Waals surface area (Å²) in [7, 11) is 0. The van der Waals surface area contributed by atoms with Gasteiger partial charge in [0.25, 0.3) is 0 Å². The van der Waals surface area contributed by atoms with Gasteiger partial charge in [0.2, 0.25) is 11.8 Å². The number of hydrogen-bond donors (Lipinski definition) is 3.